The molecule has 3 amide bonds. The first-order valence-electron chi connectivity index (χ1n) is 9.51. The molecular weight excluding hydrogens is 401 g/mol. The molecule has 0 fully saturated rings. The third kappa shape index (κ3) is 3.57. The Labute approximate surface area is 175 Å². The molecule has 0 radical (unpaired) electrons. The van der Waals surface area contributed by atoms with E-state index in [2.05, 4.69) is 25.8 Å². The van der Waals surface area contributed by atoms with E-state index in [0.29, 0.717) is 17.0 Å². The van der Waals surface area contributed by atoms with Gasteiger partial charge in [0.25, 0.3) is 0 Å². The normalized spacial score (nSPS) is 18.5. The number of nitrogens with one attached hydrogen (secondary N) is 3. The van der Waals surface area contributed by atoms with Gasteiger partial charge in [0.15, 0.2) is 0 Å². The molecule has 5 rings (SSSR count). The molecule has 1 aliphatic heterocycles. The second-order valence-electron chi connectivity index (χ2n) is 7.09. The van der Waals surface area contributed by atoms with Crippen molar-refractivity contribution in [3.8, 4) is 0 Å². The number of halogens is 1. The monoisotopic (exact) mass is 417 g/mol. The molecule has 8 nitrogen and oxygen atoms in total. The van der Waals surface area contributed by atoms with Gasteiger partial charge in [0.1, 0.15) is 23.2 Å². The number of carbonyl (C=O) groups is 2. The molecule has 0 bridgehead atoms. The summed E-state index contributed by atoms with van der Waals surface area (Å²) < 4.78 is 18.9. The number of benzene rings is 2. The Morgan fingerprint density at radius 1 is 1.13 bits per heavy atom. The van der Waals surface area contributed by atoms with Crippen LogP contribution in [0.2, 0.25) is 0 Å². The highest BCUT2D eigenvalue weighted by atomic mass is 19.1. The van der Waals surface area contributed by atoms with E-state index < -0.39 is 29.7 Å². The SMILES string of the molecule is O=C1N=C(c2ccco2)C(C(=O)Nc2ccc3[nH]ncc3c2)C(c2ccc(F)cc2)N1. The highest BCUT2D eigenvalue weighted by molar-refractivity contribution is 6.19. The van der Waals surface area contributed by atoms with Gasteiger partial charge >= 0.3 is 6.03 Å². The number of hydrogen-bond acceptors (Lipinski definition) is 4. The van der Waals surface area contributed by atoms with Crippen molar-refractivity contribution in [2.75, 3.05) is 5.32 Å². The summed E-state index contributed by atoms with van der Waals surface area (Å²) in [4.78, 5) is 29.8. The van der Waals surface area contributed by atoms with Crippen LogP contribution in [0.4, 0.5) is 14.9 Å². The molecule has 1 aliphatic rings. The predicted molar refractivity (Wildman–Crippen MR) is 111 cm³/mol. The summed E-state index contributed by atoms with van der Waals surface area (Å²) in [5, 5.41) is 13.3. The summed E-state index contributed by atoms with van der Waals surface area (Å²) in [7, 11) is 0. The maximum Gasteiger partial charge on any atom is 0.341 e. The third-order valence-electron chi connectivity index (χ3n) is 5.12. The standard InChI is InChI=1S/C22H16FN5O3/c23-14-5-3-12(4-6-14)19-18(20(27-22(30)26-19)17-2-1-9-31-17)21(29)25-15-7-8-16-13(10-15)11-24-28-16/h1-11,18-19H,(H,24,28)(H,25,29)(H,26,30). The lowest BCUT2D eigenvalue weighted by Gasteiger charge is -2.30. The number of anilines is 1. The summed E-state index contributed by atoms with van der Waals surface area (Å²) in [6, 6.07) is 12.9. The topological polar surface area (TPSA) is 112 Å². The van der Waals surface area contributed by atoms with Gasteiger partial charge in [0.05, 0.1) is 24.0 Å². The first-order valence-corrected chi connectivity index (χ1v) is 9.51. The summed E-state index contributed by atoms with van der Waals surface area (Å²) >= 11 is 0. The third-order valence-corrected chi connectivity index (χ3v) is 5.12. The molecule has 3 heterocycles. The van der Waals surface area contributed by atoms with E-state index in [1.165, 1.54) is 30.5 Å². The second kappa shape index (κ2) is 7.52. The van der Waals surface area contributed by atoms with Crippen molar-refractivity contribution < 1.29 is 18.4 Å². The van der Waals surface area contributed by atoms with Crippen LogP contribution >= 0.6 is 0 Å². The smallest absolute Gasteiger partial charge is 0.341 e. The number of fused-ring (bicyclic) bond motifs is 1. The van der Waals surface area contributed by atoms with Crippen molar-refractivity contribution in [3.63, 3.8) is 0 Å². The molecule has 0 aliphatic carbocycles. The lowest BCUT2D eigenvalue weighted by atomic mass is 9.85. The zero-order valence-electron chi connectivity index (χ0n) is 16.0. The van der Waals surface area contributed by atoms with Crippen molar-refractivity contribution in [1.82, 2.24) is 15.5 Å². The van der Waals surface area contributed by atoms with E-state index in [-0.39, 0.29) is 5.71 Å². The van der Waals surface area contributed by atoms with E-state index in [0.717, 1.165) is 10.9 Å². The van der Waals surface area contributed by atoms with E-state index in [1.807, 2.05) is 0 Å². The molecule has 2 aromatic carbocycles. The van der Waals surface area contributed by atoms with Gasteiger partial charge < -0.3 is 15.1 Å². The molecule has 154 valence electrons. The van der Waals surface area contributed by atoms with Crippen LogP contribution in [0.15, 0.2) is 76.5 Å². The summed E-state index contributed by atoms with van der Waals surface area (Å²) in [6.45, 7) is 0. The average Bonchev–Trinajstić information content (AvgIpc) is 3.45. The quantitative estimate of drug-likeness (QED) is 0.469. The maximum absolute atomic E-state index is 13.5. The van der Waals surface area contributed by atoms with Crippen LogP contribution in [0.3, 0.4) is 0 Å². The lowest BCUT2D eigenvalue weighted by molar-refractivity contribution is -0.118. The van der Waals surface area contributed by atoms with Gasteiger partial charge in [0.2, 0.25) is 5.91 Å². The van der Waals surface area contributed by atoms with Crippen LogP contribution in [0, 0.1) is 11.7 Å². The number of H-pyrrole nitrogens is 1. The zero-order valence-corrected chi connectivity index (χ0v) is 16.0. The number of nitrogens with zero attached hydrogens (tertiary/aromatic N) is 2. The molecule has 9 heteroatoms. The number of aromatic nitrogens is 2. The Hall–Kier alpha value is -4.27. The van der Waals surface area contributed by atoms with Crippen LogP contribution in [0.1, 0.15) is 17.4 Å². The number of hydrogen-bond donors (Lipinski definition) is 3. The minimum absolute atomic E-state index is 0.199. The number of carbonyl (C=O) groups excluding carboxylic acids is 2. The molecular formula is C22H16FN5O3. The Kier molecular flexibility index (Phi) is 4.55. The lowest BCUT2D eigenvalue weighted by Crippen LogP contribution is -2.46. The van der Waals surface area contributed by atoms with Gasteiger partial charge in [0, 0.05) is 11.1 Å². The highest BCUT2D eigenvalue weighted by Crippen LogP contribution is 2.31. The van der Waals surface area contributed by atoms with Crippen molar-refractivity contribution in [2.45, 2.75) is 6.04 Å². The summed E-state index contributed by atoms with van der Waals surface area (Å²) in [5.41, 5.74) is 2.17. The molecule has 2 unspecified atom stereocenters. The predicted octanol–water partition coefficient (Wildman–Crippen LogP) is 3.80. The summed E-state index contributed by atoms with van der Waals surface area (Å²) in [5.74, 6) is -1.41. The number of rotatable bonds is 4. The maximum atomic E-state index is 13.5. The Balaban J connectivity index is 1.54. The molecule has 3 N–H and O–H groups in total. The number of aliphatic imine (C=N–C) groups is 1. The fourth-order valence-corrected chi connectivity index (χ4v) is 3.68. The molecule has 0 saturated carbocycles. The van der Waals surface area contributed by atoms with Crippen LogP contribution in [0.25, 0.3) is 10.9 Å². The molecule has 31 heavy (non-hydrogen) atoms. The molecule has 0 saturated heterocycles. The van der Waals surface area contributed by atoms with Gasteiger partial charge in [-0.3, -0.25) is 9.89 Å². The van der Waals surface area contributed by atoms with Crippen LogP contribution in [-0.4, -0.2) is 27.8 Å². The number of furan rings is 1. The van der Waals surface area contributed by atoms with Gasteiger partial charge in [-0.25, -0.2) is 9.18 Å². The Morgan fingerprint density at radius 3 is 2.74 bits per heavy atom. The summed E-state index contributed by atoms with van der Waals surface area (Å²) in [6.07, 6.45) is 3.10. The Bertz CT molecular complexity index is 1290. The van der Waals surface area contributed by atoms with E-state index >= 15 is 0 Å². The fraction of sp³-hybridized carbons (Fsp3) is 0.0909. The second-order valence-corrected chi connectivity index (χ2v) is 7.09. The minimum Gasteiger partial charge on any atom is -0.463 e. The van der Waals surface area contributed by atoms with Gasteiger partial charge in [-0.15, -0.1) is 0 Å². The first kappa shape index (κ1) is 18.7. The van der Waals surface area contributed by atoms with Crippen molar-refractivity contribution in [1.29, 1.82) is 0 Å². The van der Waals surface area contributed by atoms with Gasteiger partial charge in [-0.05, 0) is 48.0 Å². The fourth-order valence-electron chi connectivity index (χ4n) is 3.68. The largest absolute Gasteiger partial charge is 0.463 e. The first-order chi connectivity index (χ1) is 15.1. The van der Waals surface area contributed by atoms with Crippen molar-refractivity contribution in [2.24, 2.45) is 10.9 Å². The van der Waals surface area contributed by atoms with Gasteiger partial charge in [-0.1, -0.05) is 12.1 Å². The average molecular weight is 417 g/mol. The minimum atomic E-state index is -0.908. The molecule has 0 spiro atoms. The van der Waals surface area contributed by atoms with Crippen LogP contribution in [-0.2, 0) is 4.79 Å². The molecule has 4 aromatic rings. The molecule has 2 atom stereocenters. The zero-order chi connectivity index (χ0) is 21.4. The van der Waals surface area contributed by atoms with Crippen LogP contribution in [0.5, 0.6) is 0 Å². The van der Waals surface area contributed by atoms with Gasteiger partial charge in [-0.2, -0.15) is 10.1 Å². The Morgan fingerprint density at radius 2 is 1.97 bits per heavy atom. The molecule has 2 aromatic heterocycles. The number of amides is 3. The van der Waals surface area contributed by atoms with Crippen molar-refractivity contribution in [3.05, 3.63) is 84.2 Å². The van der Waals surface area contributed by atoms with E-state index in [9.17, 15) is 14.0 Å². The number of aromatic amines is 1. The van der Waals surface area contributed by atoms with E-state index in [4.69, 9.17) is 4.42 Å². The van der Waals surface area contributed by atoms with Crippen molar-refractivity contribution >= 4 is 34.2 Å². The van der Waals surface area contributed by atoms with Crippen LogP contribution < -0.4 is 10.6 Å². The van der Waals surface area contributed by atoms with E-state index in [1.54, 1.807) is 36.5 Å². The highest BCUT2D eigenvalue weighted by Gasteiger charge is 2.40. The number of urea groups is 1.